The van der Waals surface area contributed by atoms with E-state index < -0.39 is 0 Å². The highest BCUT2D eigenvalue weighted by molar-refractivity contribution is 5.69. The van der Waals surface area contributed by atoms with Gasteiger partial charge in [-0.2, -0.15) is 0 Å². The Morgan fingerprint density at radius 3 is 3.31 bits per heavy atom. The molecule has 1 atom stereocenters. The van der Waals surface area contributed by atoms with Crippen molar-refractivity contribution in [1.82, 2.24) is 0 Å². The lowest BCUT2D eigenvalue weighted by atomic mass is 9.85. The van der Waals surface area contributed by atoms with E-state index in [1.165, 1.54) is 31.4 Å². The van der Waals surface area contributed by atoms with E-state index in [9.17, 15) is 0 Å². The van der Waals surface area contributed by atoms with Crippen molar-refractivity contribution in [1.29, 1.82) is 0 Å². The first-order valence-electron chi connectivity index (χ1n) is 5.08. The van der Waals surface area contributed by atoms with Gasteiger partial charge in [-0.15, -0.1) is 0 Å². The molecule has 0 saturated carbocycles. The second kappa shape index (κ2) is 3.86. The summed E-state index contributed by atoms with van der Waals surface area (Å²) in [6.07, 6.45) is 10.3. The smallest absolute Gasteiger partial charge is 0.0475 e. The Balaban J connectivity index is 2.25. The van der Waals surface area contributed by atoms with Gasteiger partial charge in [-0.1, -0.05) is 0 Å². The number of aliphatic imine (C=N–C) groups is 2. The lowest BCUT2D eigenvalue weighted by Crippen LogP contribution is -2.15. The van der Waals surface area contributed by atoms with Gasteiger partial charge in [-0.3, -0.25) is 4.99 Å². The van der Waals surface area contributed by atoms with Crippen LogP contribution < -0.4 is 0 Å². The highest BCUT2D eigenvalue weighted by Crippen LogP contribution is 2.34. The fourth-order valence-corrected chi connectivity index (χ4v) is 2.23. The Kier molecular flexibility index (Phi) is 2.57. The molecule has 1 aliphatic carbocycles. The van der Waals surface area contributed by atoms with Crippen LogP contribution in [0.1, 0.15) is 32.1 Å². The van der Waals surface area contributed by atoms with E-state index in [1.807, 2.05) is 7.05 Å². The Labute approximate surface area is 79.5 Å². The molecule has 0 saturated heterocycles. The lowest BCUT2D eigenvalue weighted by molar-refractivity contribution is 0.582. The van der Waals surface area contributed by atoms with Crippen LogP contribution in [0.2, 0.25) is 0 Å². The van der Waals surface area contributed by atoms with Crippen molar-refractivity contribution in [2.75, 3.05) is 7.05 Å². The van der Waals surface area contributed by atoms with Crippen LogP contribution in [-0.2, 0) is 0 Å². The molecule has 0 aromatic carbocycles. The van der Waals surface area contributed by atoms with Crippen LogP contribution in [0.4, 0.5) is 0 Å². The lowest BCUT2D eigenvalue weighted by Gasteiger charge is -2.25. The van der Waals surface area contributed by atoms with E-state index in [-0.39, 0.29) is 0 Å². The number of allylic oxidation sites excluding steroid dienone is 2. The molecule has 0 N–H and O–H groups in total. The predicted molar refractivity (Wildman–Crippen MR) is 56.5 cm³/mol. The zero-order chi connectivity index (χ0) is 9.10. The molecule has 1 heterocycles. The van der Waals surface area contributed by atoms with Crippen molar-refractivity contribution < 1.29 is 0 Å². The Bertz CT molecular complexity index is 274. The molecular weight excluding hydrogens is 160 g/mol. The molecule has 2 heteroatoms. The van der Waals surface area contributed by atoms with Crippen molar-refractivity contribution in [2.24, 2.45) is 15.9 Å². The van der Waals surface area contributed by atoms with E-state index in [2.05, 4.69) is 22.4 Å². The number of hydrogen-bond donors (Lipinski definition) is 0. The summed E-state index contributed by atoms with van der Waals surface area (Å²) in [5.41, 5.74) is 2.90. The van der Waals surface area contributed by atoms with Crippen molar-refractivity contribution >= 4 is 12.4 Å². The maximum atomic E-state index is 4.51. The highest BCUT2D eigenvalue weighted by Gasteiger charge is 2.22. The number of rotatable bonds is 1. The molecule has 0 radical (unpaired) electrons. The Hall–Kier alpha value is -0.920. The zero-order valence-electron chi connectivity index (χ0n) is 8.16. The van der Waals surface area contributed by atoms with Gasteiger partial charge in [0, 0.05) is 31.1 Å². The van der Waals surface area contributed by atoms with Crippen LogP contribution in [0.3, 0.4) is 0 Å². The minimum absolute atomic E-state index is 0.505. The standard InChI is InChI=1S/C11H16N2/c1-12-8-10-5-2-4-9-6-3-7-13-11(9)10/h7-8,10H,2-6H2,1H3. The molecule has 70 valence electrons. The first-order chi connectivity index (χ1) is 6.42. The summed E-state index contributed by atoms with van der Waals surface area (Å²) in [4.78, 5) is 8.63. The van der Waals surface area contributed by atoms with Crippen molar-refractivity contribution in [3.8, 4) is 0 Å². The second-order valence-corrected chi connectivity index (χ2v) is 3.75. The van der Waals surface area contributed by atoms with Gasteiger partial charge in [0.2, 0.25) is 0 Å². The predicted octanol–water partition coefficient (Wildman–Crippen LogP) is 2.61. The molecule has 0 fully saturated rings. The Morgan fingerprint density at radius 1 is 1.54 bits per heavy atom. The molecule has 1 unspecified atom stereocenters. The van der Waals surface area contributed by atoms with Crippen molar-refractivity contribution in [3.05, 3.63) is 11.3 Å². The summed E-state index contributed by atoms with van der Waals surface area (Å²) in [5, 5.41) is 0. The van der Waals surface area contributed by atoms with E-state index in [0.717, 1.165) is 6.42 Å². The van der Waals surface area contributed by atoms with Crippen LogP contribution in [-0.4, -0.2) is 19.5 Å². The molecule has 0 bridgehead atoms. The van der Waals surface area contributed by atoms with Gasteiger partial charge in [0.05, 0.1) is 0 Å². The average Bonchev–Trinajstić information content (AvgIpc) is 2.19. The quantitative estimate of drug-likeness (QED) is 0.549. The summed E-state index contributed by atoms with van der Waals surface area (Å²) in [6, 6.07) is 0. The van der Waals surface area contributed by atoms with Gasteiger partial charge < -0.3 is 4.99 Å². The van der Waals surface area contributed by atoms with E-state index >= 15 is 0 Å². The van der Waals surface area contributed by atoms with Gasteiger partial charge >= 0.3 is 0 Å². The van der Waals surface area contributed by atoms with Crippen LogP contribution in [0, 0.1) is 5.92 Å². The van der Waals surface area contributed by atoms with Crippen LogP contribution in [0.25, 0.3) is 0 Å². The van der Waals surface area contributed by atoms with Gasteiger partial charge in [0.15, 0.2) is 0 Å². The van der Waals surface area contributed by atoms with Gasteiger partial charge in [0.25, 0.3) is 0 Å². The summed E-state index contributed by atoms with van der Waals surface area (Å²) in [6.45, 7) is 0. The van der Waals surface area contributed by atoms with E-state index in [1.54, 1.807) is 5.57 Å². The van der Waals surface area contributed by atoms with E-state index in [0.29, 0.717) is 5.92 Å². The van der Waals surface area contributed by atoms with Gasteiger partial charge in [-0.25, -0.2) is 0 Å². The Morgan fingerprint density at radius 2 is 2.46 bits per heavy atom. The maximum Gasteiger partial charge on any atom is 0.0475 e. The molecule has 2 rings (SSSR count). The number of hydrogen-bond acceptors (Lipinski definition) is 2. The van der Waals surface area contributed by atoms with Gasteiger partial charge in [-0.05, 0) is 37.7 Å². The third kappa shape index (κ3) is 1.71. The third-order valence-corrected chi connectivity index (χ3v) is 2.84. The fraction of sp³-hybridized carbons (Fsp3) is 0.636. The van der Waals surface area contributed by atoms with Crippen molar-refractivity contribution in [2.45, 2.75) is 32.1 Å². The maximum absolute atomic E-state index is 4.51. The summed E-state index contributed by atoms with van der Waals surface area (Å²) in [5.74, 6) is 0.505. The van der Waals surface area contributed by atoms with Gasteiger partial charge in [0.1, 0.15) is 0 Å². The molecule has 0 spiro atoms. The first kappa shape index (κ1) is 8.67. The van der Waals surface area contributed by atoms with Crippen LogP contribution in [0.15, 0.2) is 21.3 Å². The largest absolute Gasteiger partial charge is 0.300 e. The highest BCUT2D eigenvalue weighted by atomic mass is 14.8. The van der Waals surface area contributed by atoms with E-state index in [4.69, 9.17) is 0 Å². The summed E-state index contributed by atoms with van der Waals surface area (Å²) in [7, 11) is 1.85. The van der Waals surface area contributed by atoms with Crippen LogP contribution >= 0.6 is 0 Å². The molecule has 0 aromatic heterocycles. The first-order valence-corrected chi connectivity index (χ1v) is 5.08. The molecule has 2 nitrogen and oxygen atoms in total. The molecule has 2 aliphatic rings. The SMILES string of the molecule is CN=CC1CCCC2=C1N=CCC2. The van der Waals surface area contributed by atoms with Crippen molar-refractivity contribution in [3.63, 3.8) is 0 Å². The third-order valence-electron chi connectivity index (χ3n) is 2.84. The van der Waals surface area contributed by atoms with Crippen LogP contribution in [0.5, 0.6) is 0 Å². The minimum Gasteiger partial charge on any atom is -0.300 e. The molecule has 13 heavy (non-hydrogen) atoms. The monoisotopic (exact) mass is 176 g/mol. The topological polar surface area (TPSA) is 24.7 Å². The molecule has 0 amide bonds. The fourth-order valence-electron chi connectivity index (χ4n) is 2.23. The molecule has 0 aromatic rings. The zero-order valence-corrected chi connectivity index (χ0v) is 8.16. The summed E-state index contributed by atoms with van der Waals surface area (Å²) >= 11 is 0. The minimum atomic E-state index is 0.505. The average molecular weight is 176 g/mol. The molecular formula is C11H16N2. The summed E-state index contributed by atoms with van der Waals surface area (Å²) < 4.78 is 0. The molecule has 1 aliphatic heterocycles. The normalized spacial score (nSPS) is 28.2. The number of nitrogens with zero attached hydrogens (tertiary/aromatic N) is 2. The second-order valence-electron chi connectivity index (χ2n) is 3.75.